The molecule has 1 unspecified atom stereocenters. The Hall–Kier alpha value is -2.36. The quantitative estimate of drug-likeness (QED) is 0.895. The number of hydrogen-bond donors (Lipinski definition) is 2. The standard InChI is InChI=1S/C17H19FN2O/c1-11-4-6-15(7-5-11)20-17(21)13(3)19-16-9-12(2)8-14(18)10-16/h4-10,13,19H,1-3H3,(H,20,21). The second-order valence-electron chi connectivity index (χ2n) is 5.24. The maximum absolute atomic E-state index is 13.3. The van der Waals surface area contributed by atoms with Crippen LogP contribution in [-0.4, -0.2) is 11.9 Å². The van der Waals surface area contributed by atoms with Crippen LogP contribution in [0.2, 0.25) is 0 Å². The number of rotatable bonds is 4. The molecule has 3 nitrogen and oxygen atoms in total. The smallest absolute Gasteiger partial charge is 0.246 e. The third-order valence-electron chi connectivity index (χ3n) is 3.14. The van der Waals surface area contributed by atoms with E-state index in [1.54, 1.807) is 13.0 Å². The SMILES string of the molecule is Cc1ccc(NC(=O)C(C)Nc2cc(C)cc(F)c2)cc1. The molecule has 0 aliphatic carbocycles. The van der Waals surface area contributed by atoms with Crippen molar-refractivity contribution in [1.29, 1.82) is 0 Å². The Kier molecular flexibility index (Phi) is 4.58. The summed E-state index contributed by atoms with van der Waals surface area (Å²) >= 11 is 0. The predicted molar refractivity (Wildman–Crippen MR) is 84.0 cm³/mol. The number of nitrogens with one attached hydrogen (secondary N) is 2. The van der Waals surface area contributed by atoms with Gasteiger partial charge in [-0.3, -0.25) is 4.79 Å². The zero-order valence-corrected chi connectivity index (χ0v) is 12.4. The Morgan fingerprint density at radius 3 is 2.29 bits per heavy atom. The third-order valence-corrected chi connectivity index (χ3v) is 3.14. The van der Waals surface area contributed by atoms with Gasteiger partial charge < -0.3 is 10.6 Å². The summed E-state index contributed by atoms with van der Waals surface area (Å²) in [6.45, 7) is 5.54. The Morgan fingerprint density at radius 1 is 1.00 bits per heavy atom. The molecule has 4 heteroatoms. The molecule has 0 aromatic heterocycles. The molecular formula is C17H19FN2O. The highest BCUT2D eigenvalue weighted by molar-refractivity contribution is 5.96. The van der Waals surface area contributed by atoms with E-state index >= 15 is 0 Å². The van der Waals surface area contributed by atoms with Crippen LogP contribution in [0, 0.1) is 19.7 Å². The van der Waals surface area contributed by atoms with Crippen LogP contribution < -0.4 is 10.6 Å². The lowest BCUT2D eigenvalue weighted by atomic mass is 10.2. The minimum absolute atomic E-state index is 0.166. The molecule has 2 rings (SSSR count). The van der Waals surface area contributed by atoms with Crippen LogP contribution in [0.25, 0.3) is 0 Å². The minimum Gasteiger partial charge on any atom is -0.374 e. The lowest BCUT2D eigenvalue weighted by molar-refractivity contribution is -0.116. The second kappa shape index (κ2) is 6.39. The fraction of sp³-hybridized carbons (Fsp3) is 0.235. The number of aryl methyl sites for hydroxylation is 2. The van der Waals surface area contributed by atoms with Gasteiger partial charge in [0, 0.05) is 11.4 Å². The normalized spacial score (nSPS) is 11.8. The maximum Gasteiger partial charge on any atom is 0.246 e. The molecule has 0 bridgehead atoms. The molecule has 1 atom stereocenters. The molecule has 0 saturated carbocycles. The van der Waals surface area contributed by atoms with Gasteiger partial charge in [-0.05, 0) is 56.7 Å². The van der Waals surface area contributed by atoms with Crippen LogP contribution in [0.15, 0.2) is 42.5 Å². The van der Waals surface area contributed by atoms with Gasteiger partial charge in [-0.2, -0.15) is 0 Å². The molecule has 0 spiro atoms. The molecule has 0 heterocycles. The number of hydrogen-bond acceptors (Lipinski definition) is 2. The molecule has 1 amide bonds. The molecule has 2 N–H and O–H groups in total. The number of halogens is 1. The molecule has 0 aliphatic heterocycles. The topological polar surface area (TPSA) is 41.1 Å². The van der Waals surface area contributed by atoms with E-state index in [2.05, 4.69) is 10.6 Å². The fourth-order valence-electron chi connectivity index (χ4n) is 2.02. The summed E-state index contributed by atoms with van der Waals surface area (Å²) in [5.74, 6) is -0.482. The van der Waals surface area contributed by atoms with Crippen molar-refractivity contribution in [2.45, 2.75) is 26.8 Å². The Morgan fingerprint density at radius 2 is 1.67 bits per heavy atom. The lowest BCUT2D eigenvalue weighted by Crippen LogP contribution is -2.31. The molecule has 0 fully saturated rings. The molecule has 0 radical (unpaired) electrons. The van der Waals surface area contributed by atoms with E-state index in [1.807, 2.05) is 38.1 Å². The largest absolute Gasteiger partial charge is 0.374 e. The highest BCUT2D eigenvalue weighted by Gasteiger charge is 2.13. The van der Waals surface area contributed by atoms with Crippen molar-refractivity contribution < 1.29 is 9.18 Å². The van der Waals surface area contributed by atoms with Crippen molar-refractivity contribution in [2.75, 3.05) is 10.6 Å². The average molecular weight is 286 g/mol. The van der Waals surface area contributed by atoms with Crippen molar-refractivity contribution >= 4 is 17.3 Å². The van der Waals surface area contributed by atoms with E-state index in [4.69, 9.17) is 0 Å². The number of amides is 1. The van der Waals surface area contributed by atoms with Gasteiger partial charge in [-0.25, -0.2) is 4.39 Å². The molecular weight excluding hydrogens is 267 g/mol. The summed E-state index contributed by atoms with van der Waals surface area (Å²) in [7, 11) is 0. The number of carbonyl (C=O) groups excluding carboxylic acids is 1. The van der Waals surface area contributed by atoms with Crippen LogP contribution in [-0.2, 0) is 4.79 Å². The van der Waals surface area contributed by atoms with E-state index in [9.17, 15) is 9.18 Å². The minimum atomic E-state index is -0.465. The van der Waals surface area contributed by atoms with Crippen molar-refractivity contribution in [3.05, 3.63) is 59.4 Å². The third kappa shape index (κ3) is 4.31. The van der Waals surface area contributed by atoms with Gasteiger partial charge in [0.1, 0.15) is 11.9 Å². The van der Waals surface area contributed by atoms with E-state index in [-0.39, 0.29) is 11.7 Å². The van der Waals surface area contributed by atoms with Crippen LogP contribution in [0.1, 0.15) is 18.1 Å². The highest BCUT2D eigenvalue weighted by atomic mass is 19.1. The first-order chi connectivity index (χ1) is 9.94. The van der Waals surface area contributed by atoms with Gasteiger partial charge in [-0.15, -0.1) is 0 Å². The zero-order chi connectivity index (χ0) is 15.4. The van der Waals surface area contributed by atoms with E-state index < -0.39 is 6.04 Å². The number of anilines is 2. The Balaban J connectivity index is 2.00. The Labute approximate surface area is 124 Å². The van der Waals surface area contributed by atoms with Gasteiger partial charge in [0.15, 0.2) is 0 Å². The summed E-state index contributed by atoms with van der Waals surface area (Å²) in [6, 6.07) is 11.7. The monoisotopic (exact) mass is 286 g/mol. The molecule has 2 aromatic rings. The number of benzene rings is 2. The van der Waals surface area contributed by atoms with E-state index in [1.165, 1.54) is 12.1 Å². The first kappa shape index (κ1) is 15.0. The van der Waals surface area contributed by atoms with Crippen LogP contribution in [0.3, 0.4) is 0 Å². The van der Waals surface area contributed by atoms with Crippen LogP contribution in [0.4, 0.5) is 15.8 Å². The van der Waals surface area contributed by atoms with Gasteiger partial charge in [0.2, 0.25) is 5.91 Å². The molecule has 21 heavy (non-hydrogen) atoms. The number of carbonyl (C=O) groups is 1. The average Bonchev–Trinajstić information content (AvgIpc) is 2.40. The summed E-state index contributed by atoms with van der Waals surface area (Å²) in [6.07, 6.45) is 0. The first-order valence-corrected chi connectivity index (χ1v) is 6.85. The predicted octanol–water partition coefficient (Wildman–Crippen LogP) is 3.88. The van der Waals surface area contributed by atoms with Crippen molar-refractivity contribution in [1.82, 2.24) is 0 Å². The van der Waals surface area contributed by atoms with Crippen molar-refractivity contribution in [3.8, 4) is 0 Å². The van der Waals surface area contributed by atoms with Gasteiger partial charge >= 0.3 is 0 Å². The molecule has 0 aliphatic rings. The fourth-order valence-corrected chi connectivity index (χ4v) is 2.02. The van der Waals surface area contributed by atoms with Gasteiger partial charge in [0.25, 0.3) is 0 Å². The Bertz CT molecular complexity index is 617. The molecule has 2 aromatic carbocycles. The van der Waals surface area contributed by atoms with Crippen molar-refractivity contribution in [2.24, 2.45) is 0 Å². The first-order valence-electron chi connectivity index (χ1n) is 6.85. The summed E-state index contributed by atoms with van der Waals surface area (Å²) in [5, 5.41) is 5.83. The van der Waals surface area contributed by atoms with Gasteiger partial charge in [-0.1, -0.05) is 17.7 Å². The summed E-state index contributed by atoms with van der Waals surface area (Å²) < 4.78 is 13.3. The molecule has 110 valence electrons. The van der Waals surface area contributed by atoms with Crippen molar-refractivity contribution in [3.63, 3.8) is 0 Å². The second-order valence-corrected chi connectivity index (χ2v) is 5.24. The van der Waals surface area contributed by atoms with E-state index in [0.29, 0.717) is 5.69 Å². The lowest BCUT2D eigenvalue weighted by Gasteiger charge is -2.16. The maximum atomic E-state index is 13.3. The highest BCUT2D eigenvalue weighted by Crippen LogP contribution is 2.15. The summed E-state index contributed by atoms with van der Waals surface area (Å²) in [4.78, 5) is 12.1. The molecule has 0 saturated heterocycles. The zero-order valence-electron chi connectivity index (χ0n) is 12.4. The van der Waals surface area contributed by atoms with E-state index in [0.717, 1.165) is 16.8 Å². The van der Waals surface area contributed by atoms with Gasteiger partial charge in [0.05, 0.1) is 0 Å². The van der Waals surface area contributed by atoms with Crippen LogP contribution >= 0.6 is 0 Å². The summed E-state index contributed by atoms with van der Waals surface area (Å²) in [5.41, 5.74) is 3.28. The van der Waals surface area contributed by atoms with Crippen LogP contribution in [0.5, 0.6) is 0 Å².